The highest BCUT2D eigenvalue weighted by Gasteiger charge is 2.14. The highest BCUT2D eigenvalue weighted by atomic mass is 19.1. The number of halogens is 1. The Kier molecular flexibility index (Phi) is 4.62. The van der Waals surface area contributed by atoms with E-state index in [1.54, 1.807) is 18.2 Å². The largest absolute Gasteiger partial charge is 0.327 e. The van der Waals surface area contributed by atoms with Crippen LogP contribution in [-0.4, -0.2) is 11.8 Å². The van der Waals surface area contributed by atoms with Crippen LogP contribution in [0.1, 0.15) is 25.8 Å². The van der Waals surface area contributed by atoms with Crippen LogP contribution >= 0.6 is 0 Å². The Morgan fingerprint density at radius 2 is 2.00 bits per heavy atom. The van der Waals surface area contributed by atoms with Crippen molar-refractivity contribution in [2.24, 2.45) is 11.7 Å². The number of hydrogen-bond acceptors (Lipinski definition) is 2. The molecule has 1 rings (SSSR count). The highest BCUT2D eigenvalue weighted by Crippen LogP contribution is 2.10. The van der Waals surface area contributed by atoms with E-state index in [-0.39, 0.29) is 30.0 Å². The van der Waals surface area contributed by atoms with Crippen LogP contribution in [0.3, 0.4) is 0 Å². The summed E-state index contributed by atoms with van der Waals surface area (Å²) in [5.74, 6) is -0.0650. The Morgan fingerprint density at radius 3 is 2.56 bits per heavy atom. The Hall–Kier alpha value is -1.22. The molecule has 16 heavy (non-hydrogen) atoms. The van der Waals surface area contributed by atoms with Crippen LogP contribution in [-0.2, 0) is 11.2 Å². The second-order valence-corrected chi connectivity index (χ2v) is 4.42. The van der Waals surface area contributed by atoms with Gasteiger partial charge in [-0.15, -0.1) is 0 Å². The lowest BCUT2D eigenvalue weighted by Gasteiger charge is -2.14. The van der Waals surface area contributed by atoms with Crippen molar-refractivity contribution in [2.45, 2.75) is 32.7 Å². The van der Waals surface area contributed by atoms with Gasteiger partial charge in [-0.1, -0.05) is 32.0 Å². The van der Waals surface area contributed by atoms with E-state index in [9.17, 15) is 9.18 Å². The smallest absolute Gasteiger partial charge is 0.138 e. The molecule has 0 heterocycles. The number of hydrogen-bond donors (Lipinski definition) is 1. The Labute approximate surface area is 95.7 Å². The van der Waals surface area contributed by atoms with Gasteiger partial charge in [-0.2, -0.15) is 0 Å². The zero-order valence-electron chi connectivity index (χ0n) is 9.74. The summed E-state index contributed by atoms with van der Waals surface area (Å²) in [5, 5.41) is 0. The number of ketones is 1. The summed E-state index contributed by atoms with van der Waals surface area (Å²) in [4.78, 5) is 11.6. The summed E-state index contributed by atoms with van der Waals surface area (Å²) in [7, 11) is 0. The van der Waals surface area contributed by atoms with Crippen molar-refractivity contribution in [3.8, 4) is 0 Å². The molecule has 0 aliphatic heterocycles. The van der Waals surface area contributed by atoms with Crippen molar-refractivity contribution < 1.29 is 9.18 Å². The minimum Gasteiger partial charge on any atom is -0.327 e. The van der Waals surface area contributed by atoms with Crippen LogP contribution in [0, 0.1) is 11.7 Å². The number of rotatable bonds is 5. The maximum Gasteiger partial charge on any atom is 0.138 e. The molecule has 0 amide bonds. The second-order valence-electron chi connectivity index (χ2n) is 4.42. The number of carbonyl (C=O) groups is 1. The lowest BCUT2D eigenvalue weighted by Crippen LogP contribution is -2.29. The zero-order chi connectivity index (χ0) is 12.1. The minimum atomic E-state index is -0.325. The molecule has 1 aromatic rings. The van der Waals surface area contributed by atoms with E-state index < -0.39 is 0 Å². The first kappa shape index (κ1) is 12.8. The molecule has 88 valence electrons. The molecule has 0 saturated carbocycles. The summed E-state index contributed by atoms with van der Waals surface area (Å²) >= 11 is 0. The summed E-state index contributed by atoms with van der Waals surface area (Å²) in [6, 6.07) is 6.20. The second kappa shape index (κ2) is 5.75. The summed E-state index contributed by atoms with van der Waals surface area (Å²) in [5.41, 5.74) is 6.24. The van der Waals surface area contributed by atoms with Crippen LogP contribution in [0.5, 0.6) is 0 Å². The molecular formula is C13H18FNO. The average Bonchev–Trinajstić information content (AvgIpc) is 2.21. The van der Waals surface area contributed by atoms with Gasteiger partial charge < -0.3 is 5.73 Å². The molecule has 0 bridgehead atoms. The molecule has 0 fully saturated rings. The number of Topliss-reactive ketones (excluding diaryl/α,β-unsaturated/α-hetero) is 1. The van der Waals surface area contributed by atoms with Crippen molar-refractivity contribution in [2.75, 3.05) is 0 Å². The Balaban J connectivity index is 2.55. The SMILES string of the molecule is CC(C)C(N)CC(=O)Cc1ccccc1F. The van der Waals surface area contributed by atoms with Gasteiger partial charge in [-0.05, 0) is 17.5 Å². The van der Waals surface area contributed by atoms with E-state index in [1.807, 2.05) is 13.8 Å². The van der Waals surface area contributed by atoms with Crippen LogP contribution in [0.25, 0.3) is 0 Å². The molecule has 2 nitrogen and oxygen atoms in total. The molecule has 2 N–H and O–H groups in total. The van der Waals surface area contributed by atoms with E-state index in [4.69, 9.17) is 5.73 Å². The fourth-order valence-electron chi connectivity index (χ4n) is 1.42. The molecule has 1 atom stereocenters. The topological polar surface area (TPSA) is 43.1 Å². The maximum absolute atomic E-state index is 13.3. The van der Waals surface area contributed by atoms with Gasteiger partial charge in [0, 0.05) is 18.9 Å². The monoisotopic (exact) mass is 223 g/mol. The summed E-state index contributed by atoms with van der Waals surface area (Å²) in [6.07, 6.45) is 0.444. The minimum absolute atomic E-state index is 0.00806. The van der Waals surface area contributed by atoms with Gasteiger partial charge in [0.15, 0.2) is 0 Å². The number of benzene rings is 1. The molecule has 1 aromatic carbocycles. The highest BCUT2D eigenvalue weighted by molar-refractivity contribution is 5.81. The Bertz CT molecular complexity index is 363. The van der Waals surface area contributed by atoms with Crippen molar-refractivity contribution in [3.63, 3.8) is 0 Å². The molecule has 0 aliphatic carbocycles. The number of nitrogens with two attached hydrogens (primary N) is 1. The molecule has 3 heteroatoms. The molecule has 0 aliphatic rings. The first-order valence-corrected chi connectivity index (χ1v) is 5.51. The third-order valence-electron chi connectivity index (χ3n) is 2.67. The third-order valence-corrected chi connectivity index (χ3v) is 2.67. The average molecular weight is 223 g/mol. The van der Waals surface area contributed by atoms with Gasteiger partial charge in [0.2, 0.25) is 0 Å². The molecule has 0 spiro atoms. The number of carbonyl (C=O) groups excluding carboxylic acids is 1. The van der Waals surface area contributed by atoms with Gasteiger partial charge >= 0.3 is 0 Å². The van der Waals surface area contributed by atoms with E-state index in [1.165, 1.54) is 6.07 Å². The third kappa shape index (κ3) is 3.74. The van der Waals surface area contributed by atoms with Crippen molar-refractivity contribution in [3.05, 3.63) is 35.6 Å². The Morgan fingerprint density at radius 1 is 1.38 bits per heavy atom. The van der Waals surface area contributed by atoms with Gasteiger partial charge in [-0.25, -0.2) is 4.39 Å². The van der Waals surface area contributed by atoms with Crippen LogP contribution < -0.4 is 5.73 Å². The lowest BCUT2D eigenvalue weighted by atomic mass is 9.97. The van der Waals surface area contributed by atoms with Crippen molar-refractivity contribution in [1.29, 1.82) is 0 Å². The predicted molar refractivity (Wildman–Crippen MR) is 62.5 cm³/mol. The predicted octanol–water partition coefficient (Wildman–Crippen LogP) is 2.31. The van der Waals surface area contributed by atoms with Gasteiger partial charge in [0.05, 0.1) is 0 Å². The molecule has 0 radical (unpaired) electrons. The standard InChI is InChI=1S/C13H18FNO/c1-9(2)13(15)8-11(16)7-10-5-3-4-6-12(10)14/h3-6,9,13H,7-8,15H2,1-2H3. The van der Waals surface area contributed by atoms with E-state index >= 15 is 0 Å². The van der Waals surface area contributed by atoms with E-state index in [2.05, 4.69) is 0 Å². The zero-order valence-corrected chi connectivity index (χ0v) is 9.74. The summed E-state index contributed by atoms with van der Waals surface area (Å²) in [6.45, 7) is 3.95. The molecule has 1 unspecified atom stereocenters. The van der Waals surface area contributed by atoms with Gasteiger partial charge in [0.1, 0.15) is 11.6 Å². The first-order chi connectivity index (χ1) is 7.50. The van der Waals surface area contributed by atoms with Crippen LogP contribution in [0.15, 0.2) is 24.3 Å². The normalized spacial score (nSPS) is 12.8. The van der Waals surface area contributed by atoms with E-state index in [0.717, 1.165) is 0 Å². The maximum atomic E-state index is 13.3. The summed E-state index contributed by atoms with van der Waals surface area (Å²) < 4.78 is 13.3. The van der Waals surface area contributed by atoms with Crippen molar-refractivity contribution >= 4 is 5.78 Å². The van der Waals surface area contributed by atoms with E-state index in [0.29, 0.717) is 12.0 Å². The molecule has 0 aromatic heterocycles. The van der Waals surface area contributed by atoms with Gasteiger partial charge in [-0.3, -0.25) is 4.79 Å². The first-order valence-electron chi connectivity index (χ1n) is 5.51. The molecular weight excluding hydrogens is 205 g/mol. The van der Waals surface area contributed by atoms with Crippen molar-refractivity contribution in [1.82, 2.24) is 0 Å². The lowest BCUT2D eigenvalue weighted by molar-refractivity contribution is -0.119. The molecule has 0 saturated heterocycles. The van der Waals surface area contributed by atoms with Crippen LogP contribution in [0.2, 0.25) is 0 Å². The fraction of sp³-hybridized carbons (Fsp3) is 0.462. The van der Waals surface area contributed by atoms with Gasteiger partial charge in [0.25, 0.3) is 0 Å². The van der Waals surface area contributed by atoms with Crippen LogP contribution in [0.4, 0.5) is 4.39 Å². The quantitative estimate of drug-likeness (QED) is 0.832. The fourth-order valence-corrected chi connectivity index (χ4v) is 1.42.